The summed E-state index contributed by atoms with van der Waals surface area (Å²) in [5.41, 5.74) is 3.09. The molecule has 0 aliphatic rings. The van der Waals surface area contributed by atoms with Crippen molar-refractivity contribution >= 4 is 40.0 Å². The topological polar surface area (TPSA) is 54.1 Å². The molecule has 2 N–H and O–H groups in total. The van der Waals surface area contributed by atoms with Gasteiger partial charge in [0.25, 0.3) is 5.91 Å². The van der Waals surface area contributed by atoms with Gasteiger partial charge in [-0.1, -0.05) is 59.6 Å². The van der Waals surface area contributed by atoms with E-state index in [1.807, 2.05) is 48.7 Å². The molecule has 4 aromatic rings. The first-order valence-corrected chi connectivity index (χ1v) is 10.3. The summed E-state index contributed by atoms with van der Waals surface area (Å²) in [5, 5.41) is 5.37. The highest BCUT2D eigenvalue weighted by Gasteiger charge is 2.21. The van der Waals surface area contributed by atoms with E-state index in [-0.39, 0.29) is 18.4 Å². The number of H-pyrrole nitrogens is 1. The van der Waals surface area contributed by atoms with Crippen molar-refractivity contribution in [3.63, 3.8) is 0 Å². The molecule has 0 aliphatic carbocycles. The summed E-state index contributed by atoms with van der Waals surface area (Å²) in [6.07, 6.45) is 1.98. The van der Waals surface area contributed by atoms with E-state index in [1.165, 1.54) is 0 Å². The van der Waals surface area contributed by atoms with Crippen LogP contribution in [0.15, 0.2) is 79.0 Å². The third-order valence-electron chi connectivity index (χ3n) is 4.96. The van der Waals surface area contributed by atoms with E-state index in [4.69, 9.17) is 27.9 Å². The van der Waals surface area contributed by atoms with E-state index in [2.05, 4.69) is 16.4 Å². The summed E-state index contributed by atoms with van der Waals surface area (Å²) in [4.78, 5) is 15.7. The number of para-hydroxylation sites is 1. The molecule has 6 heteroatoms. The van der Waals surface area contributed by atoms with Crippen LogP contribution < -0.4 is 10.1 Å². The van der Waals surface area contributed by atoms with Crippen molar-refractivity contribution in [2.75, 3.05) is 13.2 Å². The molecule has 0 radical (unpaired) electrons. The van der Waals surface area contributed by atoms with Crippen LogP contribution in [-0.2, 0) is 4.79 Å². The third kappa shape index (κ3) is 4.61. The van der Waals surface area contributed by atoms with Crippen molar-refractivity contribution in [1.29, 1.82) is 0 Å². The van der Waals surface area contributed by atoms with Crippen LogP contribution >= 0.6 is 23.2 Å². The summed E-state index contributed by atoms with van der Waals surface area (Å²) in [6, 6.07) is 22.7. The highest BCUT2D eigenvalue weighted by atomic mass is 35.5. The molecule has 0 spiro atoms. The zero-order chi connectivity index (χ0) is 20.9. The van der Waals surface area contributed by atoms with Crippen LogP contribution in [0.3, 0.4) is 0 Å². The Bertz CT molecular complexity index is 1160. The fourth-order valence-corrected chi connectivity index (χ4v) is 3.87. The zero-order valence-electron chi connectivity index (χ0n) is 16.1. The molecule has 0 fully saturated rings. The maximum atomic E-state index is 12.4. The molecule has 30 heavy (non-hydrogen) atoms. The van der Waals surface area contributed by atoms with Crippen molar-refractivity contribution in [3.8, 4) is 5.75 Å². The van der Waals surface area contributed by atoms with Gasteiger partial charge in [0.1, 0.15) is 5.75 Å². The molecule has 4 rings (SSSR count). The molecule has 3 aromatic carbocycles. The van der Waals surface area contributed by atoms with Crippen LogP contribution in [0.4, 0.5) is 0 Å². The van der Waals surface area contributed by atoms with Crippen molar-refractivity contribution in [1.82, 2.24) is 10.3 Å². The van der Waals surface area contributed by atoms with Gasteiger partial charge in [-0.25, -0.2) is 0 Å². The summed E-state index contributed by atoms with van der Waals surface area (Å²) in [7, 11) is 0. The zero-order valence-corrected chi connectivity index (χ0v) is 17.6. The number of carbonyl (C=O) groups is 1. The van der Waals surface area contributed by atoms with E-state index in [0.717, 1.165) is 22.0 Å². The van der Waals surface area contributed by atoms with Crippen LogP contribution in [-0.4, -0.2) is 24.0 Å². The van der Waals surface area contributed by atoms with Gasteiger partial charge in [0, 0.05) is 39.6 Å². The number of aromatic amines is 1. The quantitative estimate of drug-likeness (QED) is 0.382. The van der Waals surface area contributed by atoms with Crippen LogP contribution in [0.5, 0.6) is 5.75 Å². The standard InChI is InChI=1S/C24H20Cl2N2O2/c25-16-9-11-17(12-10-16)30-15-24(29)28-14-20(18-5-1-3-7-22(18)26)21-13-27-23-8-4-2-6-19(21)23/h1-13,20,27H,14-15H2,(H,28,29). The molecule has 1 heterocycles. The molecule has 0 bridgehead atoms. The summed E-state index contributed by atoms with van der Waals surface area (Å²) < 4.78 is 5.54. The van der Waals surface area contributed by atoms with Crippen molar-refractivity contribution in [3.05, 3.63) is 100 Å². The minimum atomic E-state index is -0.207. The average molecular weight is 439 g/mol. The third-order valence-corrected chi connectivity index (χ3v) is 5.56. The Morgan fingerprint density at radius 2 is 1.67 bits per heavy atom. The van der Waals surface area contributed by atoms with Crippen LogP contribution in [0.25, 0.3) is 10.9 Å². The monoisotopic (exact) mass is 438 g/mol. The van der Waals surface area contributed by atoms with Crippen LogP contribution in [0.1, 0.15) is 17.0 Å². The maximum Gasteiger partial charge on any atom is 0.257 e. The molecule has 0 saturated carbocycles. The molecule has 152 valence electrons. The van der Waals surface area contributed by atoms with Crippen molar-refractivity contribution in [2.45, 2.75) is 5.92 Å². The highest BCUT2D eigenvalue weighted by molar-refractivity contribution is 6.31. The Morgan fingerprint density at radius 1 is 0.933 bits per heavy atom. The maximum absolute atomic E-state index is 12.4. The Balaban J connectivity index is 1.51. The number of nitrogens with one attached hydrogen (secondary N) is 2. The second kappa shape index (κ2) is 9.24. The number of rotatable bonds is 7. The van der Waals surface area contributed by atoms with Crippen LogP contribution in [0.2, 0.25) is 10.0 Å². The van der Waals surface area contributed by atoms with Gasteiger partial charge in [0.2, 0.25) is 0 Å². The number of amides is 1. The SMILES string of the molecule is O=C(COc1ccc(Cl)cc1)NCC(c1ccccc1Cl)c1c[nH]c2ccccc12. The van der Waals surface area contributed by atoms with Gasteiger partial charge in [-0.2, -0.15) is 0 Å². The van der Waals surface area contributed by atoms with Gasteiger partial charge in [-0.3, -0.25) is 4.79 Å². The first kappa shape index (κ1) is 20.3. The molecule has 1 unspecified atom stereocenters. The number of hydrogen-bond donors (Lipinski definition) is 2. The molecule has 1 aromatic heterocycles. The second-order valence-corrected chi connectivity index (χ2v) is 7.75. The van der Waals surface area contributed by atoms with Crippen LogP contribution in [0, 0.1) is 0 Å². The van der Waals surface area contributed by atoms with Crippen molar-refractivity contribution < 1.29 is 9.53 Å². The van der Waals surface area contributed by atoms with Crippen molar-refractivity contribution in [2.24, 2.45) is 0 Å². The normalized spacial score (nSPS) is 11.9. The first-order chi connectivity index (χ1) is 14.6. The lowest BCUT2D eigenvalue weighted by Gasteiger charge is -2.19. The summed E-state index contributed by atoms with van der Waals surface area (Å²) >= 11 is 12.4. The van der Waals surface area contributed by atoms with E-state index in [9.17, 15) is 4.79 Å². The Hall–Kier alpha value is -2.95. The Kier molecular flexibility index (Phi) is 6.26. The predicted octanol–water partition coefficient (Wildman–Crippen LogP) is 5.80. The van der Waals surface area contributed by atoms with Gasteiger partial charge in [0.15, 0.2) is 6.61 Å². The number of halogens is 2. The number of aromatic nitrogens is 1. The van der Waals surface area contributed by atoms with Gasteiger partial charge >= 0.3 is 0 Å². The summed E-state index contributed by atoms with van der Waals surface area (Å²) in [6.45, 7) is 0.319. The summed E-state index contributed by atoms with van der Waals surface area (Å²) in [5.74, 6) is 0.282. The lowest BCUT2D eigenvalue weighted by atomic mass is 9.91. The molecule has 1 atom stereocenters. The average Bonchev–Trinajstić information content (AvgIpc) is 3.19. The minimum Gasteiger partial charge on any atom is -0.484 e. The molecular weight excluding hydrogens is 419 g/mol. The highest BCUT2D eigenvalue weighted by Crippen LogP contribution is 2.34. The largest absolute Gasteiger partial charge is 0.484 e. The molecule has 0 saturated heterocycles. The molecule has 4 nitrogen and oxygen atoms in total. The smallest absolute Gasteiger partial charge is 0.257 e. The second-order valence-electron chi connectivity index (χ2n) is 6.91. The van der Waals surface area contributed by atoms with Gasteiger partial charge in [-0.15, -0.1) is 0 Å². The molecular formula is C24H20Cl2N2O2. The lowest BCUT2D eigenvalue weighted by molar-refractivity contribution is -0.123. The first-order valence-electron chi connectivity index (χ1n) is 9.57. The predicted molar refractivity (Wildman–Crippen MR) is 122 cm³/mol. The Labute approximate surface area is 184 Å². The van der Waals surface area contributed by atoms with Gasteiger partial charge < -0.3 is 15.0 Å². The Morgan fingerprint density at radius 3 is 2.47 bits per heavy atom. The number of carbonyl (C=O) groups excluding carboxylic acids is 1. The number of hydrogen-bond acceptors (Lipinski definition) is 2. The fraction of sp³-hybridized carbons (Fsp3) is 0.125. The fourth-order valence-electron chi connectivity index (χ4n) is 3.47. The number of benzene rings is 3. The minimum absolute atomic E-state index is 0.0786. The molecule has 0 aliphatic heterocycles. The lowest BCUT2D eigenvalue weighted by Crippen LogP contribution is -2.32. The van der Waals surface area contributed by atoms with Gasteiger partial charge in [-0.05, 0) is 47.5 Å². The van der Waals surface area contributed by atoms with E-state index in [0.29, 0.717) is 22.3 Å². The number of fused-ring (bicyclic) bond motifs is 1. The van der Waals surface area contributed by atoms with E-state index < -0.39 is 0 Å². The van der Waals surface area contributed by atoms with E-state index >= 15 is 0 Å². The molecule has 1 amide bonds. The van der Waals surface area contributed by atoms with Gasteiger partial charge in [0.05, 0.1) is 0 Å². The number of ether oxygens (including phenoxy) is 1. The van der Waals surface area contributed by atoms with E-state index in [1.54, 1.807) is 24.3 Å².